The minimum atomic E-state index is -0.948. The number of benzene rings is 2. The van der Waals surface area contributed by atoms with E-state index < -0.39 is 11.6 Å². The summed E-state index contributed by atoms with van der Waals surface area (Å²) in [6.45, 7) is 5.91. The molecule has 2 unspecified atom stereocenters. The van der Waals surface area contributed by atoms with Crippen LogP contribution < -0.4 is 9.47 Å². The van der Waals surface area contributed by atoms with E-state index in [4.69, 9.17) is 14.2 Å². The van der Waals surface area contributed by atoms with E-state index in [-0.39, 0.29) is 17.9 Å². The number of rotatable bonds is 9. The molecule has 186 valence electrons. The SMILES string of the molecule is CCCC1CCC(C2CCC(COc3ccc(-c4ccc(OCC)c(F)c4F)cc3)CC2)CO1. The first-order valence-electron chi connectivity index (χ1n) is 13.0. The van der Waals surface area contributed by atoms with Gasteiger partial charge >= 0.3 is 0 Å². The van der Waals surface area contributed by atoms with Gasteiger partial charge in [0.05, 0.1) is 25.9 Å². The van der Waals surface area contributed by atoms with Gasteiger partial charge < -0.3 is 14.2 Å². The number of hydrogen-bond donors (Lipinski definition) is 0. The Morgan fingerprint density at radius 3 is 2.21 bits per heavy atom. The molecule has 2 aromatic carbocycles. The van der Waals surface area contributed by atoms with Crippen LogP contribution in [-0.4, -0.2) is 25.9 Å². The molecule has 3 nitrogen and oxygen atoms in total. The number of halogens is 2. The van der Waals surface area contributed by atoms with E-state index in [2.05, 4.69) is 6.92 Å². The van der Waals surface area contributed by atoms with Crippen LogP contribution in [0.4, 0.5) is 8.78 Å². The first kappa shape index (κ1) is 25.0. The van der Waals surface area contributed by atoms with Gasteiger partial charge in [0.25, 0.3) is 0 Å². The highest BCUT2D eigenvalue weighted by Crippen LogP contribution is 2.38. The van der Waals surface area contributed by atoms with E-state index in [1.165, 1.54) is 57.4 Å². The Kier molecular flexibility index (Phi) is 8.82. The van der Waals surface area contributed by atoms with Crippen molar-refractivity contribution in [3.05, 3.63) is 48.0 Å². The largest absolute Gasteiger partial charge is 0.493 e. The molecule has 5 heteroatoms. The quantitative estimate of drug-likeness (QED) is 0.372. The average Bonchev–Trinajstić information content (AvgIpc) is 2.87. The molecule has 2 atom stereocenters. The number of ether oxygens (including phenoxy) is 3. The molecule has 1 aliphatic heterocycles. The van der Waals surface area contributed by atoms with Crippen LogP contribution >= 0.6 is 0 Å². The molecule has 2 fully saturated rings. The molecule has 34 heavy (non-hydrogen) atoms. The summed E-state index contributed by atoms with van der Waals surface area (Å²) in [6, 6.07) is 10.3. The van der Waals surface area contributed by atoms with Crippen molar-refractivity contribution < 1.29 is 23.0 Å². The van der Waals surface area contributed by atoms with Crippen LogP contribution in [0.3, 0.4) is 0 Å². The van der Waals surface area contributed by atoms with Crippen molar-refractivity contribution in [1.29, 1.82) is 0 Å². The smallest absolute Gasteiger partial charge is 0.201 e. The Morgan fingerprint density at radius 1 is 0.824 bits per heavy atom. The van der Waals surface area contributed by atoms with Crippen LogP contribution in [0, 0.1) is 29.4 Å². The van der Waals surface area contributed by atoms with Gasteiger partial charge in [0, 0.05) is 5.56 Å². The van der Waals surface area contributed by atoms with Crippen molar-refractivity contribution in [3.63, 3.8) is 0 Å². The zero-order valence-corrected chi connectivity index (χ0v) is 20.5. The van der Waals surface area contributed by atoms with Crippen molar-refractivity contribution in [3.8, 4) is 22.6 Å². The Labute approximate surface area is 202 Å². The normalized spacial score (nSPS) is 25.2. The summed E-state index contributed by atoms with van der Waals surface area (Å²) in [7, 11) is 0. The maximum absolute atomic E-state index is 14.5. The predicted molar refractivity (Wildman–Crippen MR) is 131 cm³/mol. The highest BCUT2D eigenvalue weighted by molar-refractivity contribution is 5.66. The molecule has 1 saturated carbocycles. The van der Waals surface area contributed by atoms with Crippen LogP contribution in [0.15, 0.2) is 36.4 Å². The van der Waals surface area contributed by atoms with Crippen LogP contribution in [0.5, 0.6) is 11.5 Å². The molecule has 0 N–H and O–H groups in total. The molecule has 2 aromatic rings. The molecule has 0 aromatic heterocycles. The van der Waals surface area contributed by atoms with Gasteiger partial charge in [-0.15, -0.1) is 0 Å². The molecule has 0 amide bonds. The summed E-state index contributed by atoms with van der Waals surface area (Å²) >= 11 is 0. The van der Waals surface area contributed by atoms with Gasteiger partial charge in [0.1, 0.15) is 5.75 Å². The van der Waals surface area contributed by atoms with E-state index in [1.807, 2.05) is 12.1 Å². The summed E-state index contributed by atoms with van der Waals surface area (Å²) in [5, 5.41) is 0. The third kappa shape index (κ3) is 6.10. The average molecular weight is 473 g/mol. The lowest BCUT2D eigenvalue weighted by Gasteiger charge is -2.37. The van der Waals surface area contributed by atoms with E-state index >= 15 is 0 Å². The lowest BCUT2D eigenvalue weighted by atomic mass is 9.74. The molecule has 0 bridgehead atoms. The lowest BCUT2D eigenvalue weighted by molar-refractivity contribution is -0.0427. The highest BCUT2D eigenvalue weighted by atomic mass is 19.2. The first-order valence-corrected chi connectivity index (χ1v) is 13.0. The molecule has 4 rings (SSSR count). The van der Waals surface area contributed by atoms with E-state index in [9.17, 15) is 8.78 Å². The second kappa shape index (κ2) is 12.0. The minimum absolute atomic E-state index is 0.0601. The van der Waals surface area contributed by atoms with Gasteiger partial charge in [-0.05, 0) is 99.5 Å². The second-order valence-corrected chi connectivity index (χ2v) is 9.87. The Balaban J connectivity index is 1.24. The third-order valence-electron chi connectivity index (χ3n) is 7.57. The Hall–Kier alpha value is -2.14. The monoisotopic (exact) mass is 472 g/mol. The van der Waals surface area contributed by atoms with Crippen molar-refractivity contribution in [2.45, 2.75) is 71.3 Å². The molecular weight excluding hydrogens is 434 g/mol. The van der Waals surface area contributed by atoms with Gasteiger partial charge in [-0.2, -0.15) is 4.39 Å². The van der Waals surface area contributed by atoms with E-state index in [0.717, 1.165) is 24.2 Å². The van der Waals surface area contributed by atoms with Crippen LogP contribution in [0.25, 0.3) is 11.1 Å². The number of hydrogen-bond acceptors (Lipinski definition) is 3. The maximum Gasteiger partial charge on any atom is 0.201 e. The first-order chi connectivity index (χ1) is 16.6. The Bertz CT molecular complexity index is 898. The summed E-state index contributed by atoms with van der Waals surface area (Å²) in [6.07, 6.45) is 10.4. The molecule has 1 saturated heterocycles. The summed E-state index contributed by atoms with van der Waals surface area (Å²) < 4.78 is 46.0. The Morgan fingerprint density at radius 2 is 1.56 bits per heavy atom. The van der Waals surface area contributed by atoms with Gasteiger partial charge in [-0.3, -0.25) is 0 Å². The summed E-state index contributed by atoms with van der Waals surface area (Å²) in [4.78, 5) is 0. The fourth-order valence-electron chi connectivity index (χ4n) is 5.54. The molecular formula is C29H38F2O3. The fourth-order valence-corrected chi connectivity index (χ4v) is 5.54. The molecule has 2 aliphatic rings. The van der Waals surface area contributed by atoms with Crippen molar-refractivity contribution in [2.24, 2.45) is 17.8 Å². The van der Waals surface area contributed by atoms with Crippen molar-refractivity contribution in [1.82, 2.24) is 0 Å². The van der Waals surface area contributed by atoms with Crippen LogP contribution in [0.1, 0.15) is 65.2 Å². The minimum Gasteiger partial charge on any atom is -0.493 e. The molecule has 1 heterocycles. The maximum atomic E-state index is 14.5. The highest BCUT2D eigenvalue weighted by Gasteiger charge is 2.31. The van der Waals surface area contributed by atoms with Crippen molar-refractivity contribution in [2.75, 3.05) is 19.8 Å². The van der Waals surface area contributed by atoms with E-state index in [1.54, 1.807) is 25.1 Å². The van der Waals surface area contributed by atoms with Gasteiger partial charge in [0.2, 0.25) is 5.82 Å². The second-order valence-electron chi connectivity index (χ2n) is 9.87. The topological polar surface area (TPSA) is 27.7 Å². The lowest BCUT2D eigenvalue weighted by Crippen LogP contribution is -2.33. The molecule has 0 spiro atoms. The van der Waals surface area contributed by atoms with Crippen molar-refractivity contribution >= 4 is 0 Å². The van der Waals surface area contributed by atoms with Gasteiger partial charge in [-0.25, -0.2) is 4.39 Å². The van der Waals surface area contributed by atoms with Crippen LogP contribution in [0.2, 0.25) is 0 Å². The summed E-state index contributed by atoms with van der Waals surface area (Å²) in [5.41, 5.74) is 0.835. The fraction of sp³-hybridized carbons (Fsp3) is 0.586. The standard InChI is InChI=1S/C29H38F2O3/c1-3-5-24-15-12-23(19-34-24)21-8-6-20(7-9-21)18-33-25-13-10-22(11-14-25)26-16-17-27(32-4-2)29(31)28(26)30/h10-11,13-14,16-17,20-21,23-24H,3-9,12,15,18-19H2,1-2H3. The predicted octanol–water partition coefficient (Wildman–Crippen LogP) is 7.81. The van der Waals surface area contributed by atoms with Gasteiger partial charge in [0.15, 0.2) is 11.6 Å². The molecule has 0 radical (unpaired) electrons. The molecule has 1 aliphatic carbocycles. The third-order valence-corrected chi connectivity index (χ3v) is 7.57. The van der Waals surface area contributed by atoms with Crippen LogP contribution in [-0.2, 0) is 4.74 Å². The zero-order valence-electron chi connectivity index (χ0n) is 20.5. The van der Waals surface area contributed by atoms with Gasteiger partial charge in [-0.1, -0.05) is 25.5 Å². The summed E-state index contributed by atoms with van der Waals surface area (Å²) in [5.74, 6) is 0.968. The zero-order chi connectivity index (χ0) is 23.9. The van der Waals surface area contributed by atoms with E-state index in [0.29, 0.717) is 24.2 Å².